The van der Waals surface area contributed by atoms with Crippen LogP contribution in [0.1, 0.15) is 59.3 Å². The molecule has 2 fully saturated rings. The molecule has 1 heterocycles. The van der Waals surface area contributed by atoms with Crippen LogP contribution in [-0.2, 0) is 4.79 Å². The zero-order chi connectivity index (χ0) is 11.8. The van der Waals surface area contributed by atoms with Gasteiger partial charge in [0.2, 0.25) is 5.91 Å². The second-order valence-electron chi connectivity index (χ2n) is 6.47. The van der Waals surface area contributed by atoms with Crippen LogP contribution in [0.4, 0.5) is 0 Å². The molecule has 2 aliphatic rings. The summed E-state index contributed by atoms with van der Waals surface area (Å²) in [4.78, 5) is 11.7. The van der Waals surface area contributed by atoms with Gasteiger partial charge in [-0.2, -0.15) is 0 Å². The SMILES string of the molecule is CC(C)CC1NC(=O)CC12CCC(C)CC2. The molecule has 0 aromatic carbocycles. The molecule has 2 rings (SSSR count). The van der Waals surface area contributed by atoms with Crippen LogP contribution in [0.5, 0.6) is 0 Å². The molecule has 92 valence electrons. The van der Waals surface area contributed by atoms with E-state index in [1.807, 2.05) is 0 Å². The third-order valence-corrected chi connectivity index (χ3v) is 4.56. The summed E-state index contributed by atoms with van der Waals surface area (Å²) in [6.07, 6.45) is 7.07. The van der Waals surface area contributed by atoms with E-state index in [0.29, 0.717) is 23.3 Å². The van der Waals surface area contributed by atoms with Crippen molar-refractivity contribution in [2.45, 2.75) is 65.3 Å². The molecule has 2 heteroatoms. The van der Waals surface area contributed by atoms with E-state index in [2.05, 4.69) is 26.1 Å². The van der Waals surface area contributed by atoms with Crippen LogP contribution in [-0.4, -0.2) is 11.9 Å². The normalized spacial score (nSPS) is 39.4. The zero-order valence-corrected chi connectivity index (χ0v) is 10.9. The average molecular weight is 223 g/mol. The van der Waals surface area contributed by atoms with E-state index in [1.165, 1.54) is 25.7 Å². The van der Waals surface area contributed by atoms with E-state index in [9.17, 15) is 4.79 Å². The third-order valence-electron chi connectivity index (χ3n) is 4.56. The molecule has 0 bridgehead atoms. The topological polar surface area (TPSA) is 29.1 Å². The minimum atomic E-state index is 0.292. The largest absolute Gasteiger partial charge is 0.353 e. The molecule has 1 atom stereocenters. The van der Waals surface area contributed by atoms with E-state index < -0.39 is 0 Å². The molecule has 0 aromatic heterocycles. The Labute approximate surface area is 99.2 Å². The van der Waals surface area contributed by atoms with Crippen LogP contribution in [0.3, 0.4) is 0 Å². The molecule has 1 N–H and O–H groups in total. The Bertz CT molecular complexity index is 264. The van der Waals surface area contributed by atoms with Gasteiger partial charge in [-0.1, -0.05) is 33.6 Å². The van der Waals surface area contributed by atoms with Crippen molar-refractivity contribution < 1.29 is 4.79 Å². The van der Waals surface area contributed by atoms with Gasteiger partial charge < -0.3 is 5.32 Å². The molecule has 0 aromatic rings. The van der Waals surface area contributed by atoms with Gasteiger partial charge in [0.1, 0.15) is 0 Å². The van der Waals surface area contributed by atoms with Crippen molar-refractivity contribution in [2.75, 3.05) is 0 Å². The highest BCUT2D eigenvalue weighted by atomic mass is 16.2. The lowest BCUT2D eigenvalue weighted by Crippen LogP contribution is -2.40. The Balaban J connectivity index is 2.08. The van der Waals surface area contributed by atoms with E-state index in [0.717, 1.165) is 18.8 Å². The molecule has 1 aliphatic heterocycles. The van der Waals surface area contributed by atoms with E-state index in [-0.39, 0.29) is 0 Å². The first-order valence-corrected chi connectivity index (χ1v) is 6.81. The smallest absolute Gasteiger partial charge is 0.220 e. The summed E-state index contributed by atoms with van der Waals surface area (Å²) in [7, 11) is 0. The highest BCUT2D eigenvalue weighted by molar-refractivity contribution is 5.80. The Morgan fingerprint density at radius 1 is 1.38 bits per heavy atom. The summed E-state index contributed by atoms with van der Waals surface area (Å²) in [5.74, 6) is 1.83. The minimum absolute atomic E-state index is 0.292. The van der Waals surface area contributed by atoms with E-state index in [4.69, 9.17) is 0 Å². The van der Waals surface area contributed by atoms with Gasteiger partial charge >= 0.3 is 0 Å². The second-order valence-corrected chi connectivity index (χ2v) is 6.47. The van der Waals surface area contributed by atoms with Gasteiger partial charge in [0.25, 0.3) is 0 Å². The monoisotopic (exact) mass is 223 g/mol. The number of rotatable bonds is 2. The first-order chi connectivity index (χ1) is 7.52. The van der Waals surface area contributed by atoms with Gasteiger partial charge in [-0.05, 0) is 36.5 Å². The van der Waals surface area contributed by atoms with Crippen molar-refractivity contribution in [2.24, 2.45) is 17.3 Å². The lowest BCUT2D eigenvalue weighted by molar-refractivity contribution is -0.119. The number of hydrogen-bond donors (Lipinski definition) is 1. The standard InChI is InChI=1S/C14H25NO/c1-10(2)8-12-14(9-13(16)15-12)6-4-11(3)5-7-14/h10-12H,4-9H2,1-3H3,(H,15,16). The summed E-state index contributed by atoms with van der Waals surface area (Å²) in [6.45, 7) is 6.85. The quantitative estimate of drug-likeness (QED) is 0.765. The van der Waals surface area contributed by atoms with Gasteiger partial charge in [0.05, 0.1) is 0 Å². The lowest BCUT2D eigenvalue weighted by Gasteiger charge is -2.40. The fraction of sp³-hybridized carbons (Fsp3) is 0.929. The van der Waals surface area contributed by atoms with Crippen LogP contribution in [0.2, 0.25) is 0 Å². The predicted molar refractivity (Wildman–Crippen MR) is 66.1 cm³/mol. The van der Waals surface area contributed by atoms with Gasteiger partial charge in [-0.3, -0.25) is 4.79 Å². The third kappa shape index (κ3) is 2.26. The van der Waals surface area contributed by atoms with Gasteiger partial charge in [-0.15, -0.1) is 0 Å². The average Bonchev–Trinajstić information content (AvgIpc) is 2.48. The first-order valence-electron chi connectivity index (χ1n) is 6.81. The summed E-state index contributed by atoms with van der Waals surface area (Å²) in [5.41, 5.74) is 0.313. The summed E-state index contributed by atoms with van der Waals surface area (Å²) >= 11 is 0. The number of amides is 1. The van der Waals surface area contributed by atoms with Crippen molar-refractivity contribution >= 4 is 5.91 Å². The fourth-order valence-corrected chi connectivity index (χ4v) is 3.48. The molecule has 0 radical (unpaired) electrons. The Morgan fingerprint density at radius 2 is 2.00 bits per heavy atom. The zero-order valence-electron chi connectivity index (χ0n) is 10.9. The molecule has 1 saturated heterocycles. The van der Waals surface area contributed by atoms with Crippen molar-refractivity contribution in [3.63, 3.8) is 0 Å². The summed E-state index contributed by atoms with van der Waals surface area (Å²) in [6, 6.07) is 0.451. The van der Waals surface area contributed by atoms with Crippen LogP contribution in [0.15, 0.2) is 0 Å². The van der Waals surface area contributed by atoms with E-state index in [1.54, 1.807) is 0 Å². The maximum absolute atomic E-state index is 11.7. The highest BCUT2D eigenvalue weighted by Gasteiger charge is 2.47. The van der Waals surface area contributed by atoms with Gasteiger partial charge in [0, 0.05) is 12.5 Å². The van der Waals surface area contributed by atoms with Crippen molar-refractivity contribution in [1.82, 2.24) is 5.32 Å². The lowest BCUT2D eigenvalue weighted by atomic mass is 9.65. The molecule has 1 saturated carbocycles. The highest BCUT2D eigenvalue weighted by Crippen LogP contribution is 2.48. The van der Waals surface area contributed by atoms with Crippen LogP contribution in [0, 0.1) is 17.3 Å². The summed E-state index contributed by atoms with van der Waals surface area (Å²) in [5, 5.41) is 3.22. The second kappa shape index (κ2) is 4.38. The van der Waals surface area contributed by atoms with Crippen molar-refractivity contribution in [3.05, 3.63) is 0 Å². The van der Waals surface area contributed by atoms with Crippen molar-refractivity contribution in [1.29, 1.82) is 0 Å². The van der Waals surface area contributed by atoms with E-state index >= 15 is 0 Å². The number of nitrogens with one attached hydrogen (secondary N) is 1. The Kier molecular flexibility index (Phi) is 3.27. The van der Waals surface area contributed by atoms with Crippen LogP contribution >= 0.6 is 0 Å². The van der Waals surface area contributed by atoms with Gasteiger partial charge in [0.15, 0.2) is 0 Å². The Morgan fingerprint density at radius 3 is 2.56 bits per heavy atom. The molecule has 16 heavy (non-hydrogen) atoms. The summed E-state index contributed by atoms with van der Waals surface area (Å²) < 4.78 is 0. The number of hydrogen-bond acceptors (Lipinski definition) is 1. The van der Waals surface area contributed by atoms with Crippen LogP contribution in [0.25, 0.3) is 0 Å². The molecule has 1 spiro atoms. The Hall–Kier alpha value is -0.530. The molecule has 2 nitrogen and oxygen atoms in total. The first kappa shape index (κ1) is 11.9. The number of carbonyl (C=O) groups excluding carboxylic acids is 1. The molecule has 1 amide bonds. The minimum Gasteiger partial charge on any atom is -0.353 e. The van der Waals surface area contributed by atoms with Crippen molar-refractivity contribution in [3.8, 4) is 0 Å². The van der Waals surface area contributed by atoms with Gasteiger partial charge in [-0.25, -0.2) is 0 Å². The fourth-order valence-electron chi connectivity index (χ4n) is 3.48. The molecular formula is C14H25NO. The predicted octanol–water partition coefficient (Wildman–Crippen LogP) is 3.12. The number of carbonyl (C=O) groups is 1. The molecule has 1 unspecified atom stereocenters. The van der Waals surface area contributed by atoms with Crippen LogP contribution < -0.4 is 5.32 Å². The maximum atomic E-state index is 11.7. The maximum Gasteiger partial charge on any atom is 0.220 e. The molecular weight excluding hydrogens is 198 g/mol. The molecule has 1 aliphatic carbocycles.